The van der Waals surface area contributed by atoms with Gasteiger partial charge in [-0.25, -0.2) is 0 Å². The van der Waals surface area contributed by atoms with Gasteiger partial charge in [-0.1, -0.05) is 6.07 Å². The number of nitrogens with zero attached hydrogens (tertiary/aromatic N) is 2. The topological polar surface area (TPSA) is 37.4 Å². The average Bonchev–Trinajstić information content (AvgIpc) is 2.35. The SMILES string of the molecule is CC1(C)CN(CCNCc2ccccn2)CCO1. The lowest BCUT2D eigenvalue weighted by Crippen LogP contribution is -2.49. The predicted molar refractivity (Wildman–Crippen MR) is 72.4 cm³/mol. The molecule has 18 heavy (non-hydrogen) atoms. The Morgan fingerprint density at radius 3 is 3.06 bits per heavy atom. The smallest absolute Gasteiger partial charge is 0.0753 e. The molecule has 4 nitrogen and oxygen atoms in total. The molecule has 1 aliphatic heterocycles. The molecule has 1 aliphatic rings. The van der Waals surface area contributed by atoms with E-state index in [0.29, 0.717) is 0 Å². The Bertz CT molecular complexity index is 353. The zero-order chi connectivity index (χ0) is 12.8. The van der Waals surface area contributed by atoms with E-state index < -0.39 is 0 Å². The van der Waals surface area contributed by atoms with Crippen molar-refractivity contribution in [3.63, 3.8) is 0 Å². The van der Waals surface area contributed by atoms with Crippen molar-refractivity contribution in [3.05, 3.63) is 30.1 Å². The van der Waals surface area contributed by atoms with E-state index in [1.807, 2.05) is 24.4 Å². The molecule has 0 saturated carbocycles. The van der Waals surface area contributed by atoms with Gasteiger partial charge < -0.3 is 10.1 Å². The third-order valence-electron chi connectivity index (χ3n) is 3.14. The Morgan fingerprint density at radius 2 is 2.33 bits per heavy atom. The van der Waals surface area contributed by atoms with E-state index in [0.717, 1.165) is 45.0 Å². The summed E-state index contributed by atoms with van der Waals surface area (Å²) in [6.07, 6.45) is 1.83. The van der Waals surface area contributed by atoms with Crippen LogP contribution in [0, 0.1) is 0 Å². The van der Waals surface area contributed by atoms with Gasteiger partial charge in [-0.15, -0.1) is 0 Å². The average molecular weight is 249 g/mol. The fourth-order valence-electron chi connectivity index (χ4n) is 2.26. The minimum atomic E-state index is -0.000758. The van der Waals surface area contributed by atoms with Crippen molar-refractivity contribution in [2.75, 3.05) is 32.8 Å². The van der Waals surface area contributed by atoms with Crippen molar-refractivity contribution in [3.8, 4) is 0 Å². The summed E-state index contributed by atoms with van der Waals surface area (Å²) in [4.78, 5) is 6.74. The van der Waals surface area contributed by atoms with Crippen LogP contribution in [0.2, 0.25) is 0 Å². The molecular formula is C14H23N3O. The highest BCUT2D eigenvalue weighted by molar-refractivity contribution is 5.02. The molecule has 0 aromatic carbocycles. The maximum atomic E-state index is 5.70. The second kappa shape index (κ2) is 6.27. The van der Waals surface area contributed by atoms with Crippen molar-refractivity contribution in [2.45, 2.75) is 26.0 Å². The van der Waals surface area contributed by atoms with Crippen LogP contribution in [0.4, 0.5) is 0 Å². The van der Waals surface area contributed by atoms with Gasteiger partial charge in [-0.3, -0.25) is 9.88 Å². The van der Waals surface area contributed by atoms with E-state index in [4.69, 9.17) is 4.74 Å². The number of hydrogen-bond donors (Lipinski definition) is 1. The molecular weight excluding hydrogens is 226 g/mol. The van der Waals surface area contributed by atoms with Crippen LogP contribution in [0.1, 0.15) is 19.5 Å². The van der Waals surface area contributed by atoms with E-state index in [-0.39, 0.29) is 5.60 Å². The fraction of sp³-hybridized carbons (Fsp3) is 0.643. The Kier molecular flexibility index (Phi) is 4.69. The monoisotopic (exact) mass is 249 g/mol. The summed E-state index contributed by atoms with van der Waals surface area (Å²) in [6, 6.07) is 6.01. The lowest BCUT2D eigenvalue weighted by atomic mass is 10.1. The van der Waals surface area contributed by atoms with Crippen LogP contribution in [-0.2, 0) is 11.3 Å². The first-order valence-corrected chi connectivity index (χ1v) is 6.63. The second-order valence-corrected chi connectivity index (χ2v) is 5.38. The number of morpholine rings is 1. The van der Waals surface area contributed by atoms with Crippen LogP contribution < -0.4 is 5.32 Å². The first-order chi connectivity index (χ1) is 8.66. The summed E-state index contributed by atoms with van der Waals surface area (Å²) < 4.78 is 5.70. The highest BCUT2D eigenvalue weighted by Gasteiger charge is 2.26. The van der Waals surface area contributed by atoms with Crippen LogP contribution in [0.15, 0.2) is 24.4 Å². The second-order valence-electron chi connectivity index (χ2n) is 5.38. The van der Waals surface area contributed by atoms with Crippen LogP contribution in [0.5, 0.6) is 0 Å². The quantitative estimate of drug-likeness (QED) is 0.798. The third kappa shape index (κ3) is 4.37. The van der Waals surface area contributed by atoms with Crippen LogP contribution >= 0.6 is 0 Å². The van der Waals surface area contributed by atoms with E-state index in [1.165, 1.54) is 0 Å². The van der Waals surface area contributed by atoms with Gasteiger partial charge in [-0.05, 0) is 26.0 Å². The maximum Gasteiger partial charge on any atom is 0.0753 e. The third-order valence-corrected chi connectivity index (χ3v) is 3.14. The number of nitrogens with one attached hydrogen (secondary N) is 1. The molecule has 4 heteroatoms. The minimum Gasteiger partial charge on any atom is -0.373 e. The molecule has 1 fully saturated rings. The summed E-state index contributed by atoms with van der Waals surface area (Å²) in [5.41, 5.74) is 1.10. The minimum absolute atomic E-state index is 0.000758. The Hall–Kier alpha value is -0.970. The van der Waals surface area contributed by atoms with Crippen LogP contribution in [-0.4, -0.2) is 48.3 Å². The number of aromatic nitrogens is 1. The normalized spacial score (nSPS) is 19.9. The lowest BCUT2D eigenvalue weighted by Gasteiger charge is -2.38. The molecule has 0 unspecified atom stereocenters. The lowest BCUT2D eigenvalue weighted by molar-refractivity contribution is -0.0854. The molecule has 0 spiro atoms. The highest BCUT2D eigenvalue weighted by atomic mass is 16.5. The number of pyridine rings is 1. The summed E-state index contributed by atoms with van der Waals surface area (Å²) in [6.45, 7) is 10.1. The van der Waals surface area contributed by atoms with Gasteiger partial charge in [0, 0.05) is 38.9 Å². The molecule has 1 aromatic heterocycles. The Balaban J connectivity index is 1.64. The summed E-state index contributed by atoms with van der Waals surface area (Å²) in [5, 5.41) is 3.43. The molecule has 100 valence electrons. The summed E-state index contributed by atoms with van der Waals surface area (Å²) >= 11 is 0. The van der Waals surface area contributed by atoms with Crippen molar-refractivity contribution in [2.24, 2.45) is 0 Å². The van der Waals surface area contributed by atoms with Crippen molar-refractivity contribution in [1.29, 1.82) is 0 Å². The zero-order valence-electron chi connectivity index (χ0n) is 11.4. The van der Waals surface area contributed by atoms with Crippen molar-refractivity contribution in [1.82, 2.24) is 15.2 Å². The molecule has 0 bridgehead atoms. The van der Waals surface area contributed by atoms with Gasteiger partial charge in [0.05, 0.1) is 17.9 Å². The molecule has 1 N–H and O–H groups in total. The number of hydrogen-bond acceptors (Lipinski definition) is 4. The Labute approximate surface area is 109 Å². The molecule has 0 aliphatic carbocycles. The molecule has 2 heterocycles. The molecule has 1 aromatic rings. The molecule has 2 rings (SSSR count). The van der Waals surface area contributed by atoms with Gasteiger partial charge in [0.25, 0.3) is 0 Å². The van der Waals surface area contributed by atoms with E-state index in [9.17, 15) is 0 Å². The molecule has 1 saturated heterocycles. The van der Waals surface area contributed by atoms with Gasteiger partial charge in [0.2, 0.25) is 0 Å². The number of ether oxygens (including phenoxy) is 1. The summed E-state index contributed by atoms with van der Waals surface area (Å²) in [5.74, 6) is 0. The fourth-order valence-corrected chi connectivity index (χ4v) is 2.26. The Morgan fingerprint density at radius 1 is 1.44 bits per heavy atom. The van der Waals surface area contributed by atoms with Crippen molar-refractivity contribution < 1.29 is 4.74 Å². The first-order valence-electron chi connectivity index (χ1n) is 6.63. The highest BCUT2D eigenvalue weighted by Crippen LogP contribution is 2.15. The standard InChI is InChI=1S/C14H23N3O/c1-14(2)12-17(9-10-18-14)8-7-15-11-13-5-3-4-6-16-13/h3-6,15H,7-12H2,1-2H3. The number of rotatable bonds is 5. The van der Waals surface area contributed by atoms with E-state index in [2.05, 4.69) is 29.0 Å². The zero-order valence-corrected chi connectivity index (χ0v) is 11.4. The maximum absolute atomic E-state index is 5.70. The van der Waals surface area contributed by atoms with E-state index in [1.54, 1.807) is 0 Å². The molecule has 0 amide bonds. The van der Waals surface area contributed by atoms with Crippen molar-refractivity contribution >= 4 is 0 Å². The largest absolute Gasteiger partial charge is 0.373 e. The summed E-state index contributed by atoms with van der Waals surface area (Å²) in [7, 11) is 0. The van der Waals surface area contributed by atoms with Gasteiger partial charge >= 0.3 is 0 Å². The first kappa shape index (κ1) is 13.5. The van der Waals surface area contributed by atoms with Gasteiger partial charge in [0.1, 0.15) is 0 Å². The predicted octanol–water partition coefficient (Wildman–Crippen LogP) is 1.28. The molecule has 0 atom stereocenters. The molecule has 0 radical (unpaired) electrons. The van der Waals surface area contributed by atoms with Crippen LogP contribution in [0.3, 0.4) is 0 Å². The van der Waals surface area contributed by atoms with Gasteiger partial charge in [0.15, 0.2) is 0 Å². The van der Waals surface area contributed by atoms with Gasteiger partial charge in [-0.2, -0.15) is 0 Å². The van der Waals surface area contributed by atoms with Crippen LogP contribution in [0.25, 0.3) is 0 Å². The van der Waals surface area contributed by atoms with E-state index >= 15 is 0 Å².